The average Bonchev–Trinajstić information content (AvgIpc) is 2.54. The van der Waals surface area contributed by atoms with Gasteiger partial charge in [-0.3, -0.25) is 0 Å². The number of nitrogens with zero attached hydrogens (tertiary/aromatic N) is 1. The first kappa shape index (κ1) is 15.2. The van der Waals surface area contributed by atoms with Crippen LogP contribution in [0.1, 0.15) is 0 Å². The molecule has 112 valence electrons. The van der Waals surface area contributed by atoms with Crippen LogP contribution in [-0.4, -0.2) is 38.5 Å². The lowest BCUT2D eigenvalue weighted by molar-refractivity contribution is 0.113. The van der Waals surface area contributed by atoms with Gasteiger partial charge in [-0.1, -0.05) is 24.3 Å². The van der Waals surface area contributed by atoms with Gasteiger partial charge in [0.25, 0.3) is 0 Å². The number of aliphatic hydroxyl groups is 1. The first-order valence-corrected chi connectivity index (χ1v) is 7.04. The molecule has 0 aliphatic rings. The van der Waals surface area contributed by atoms with Crippen LogP contribution in [0, 0.1) is 0 Å². The minimum Gasteiger partial charge on any atom is -0.491 e. The van der Waals surface area contributed by atoms with Crippen molar-refractivity contribution in [2.45, 2.75) is 6.10 Å². The minimum atomic E-state index is -0.548. The van der Waals surface area contributed by atoms with E-state index >= 15 is 0 Å². The third-order valence-corrected chi connectivity index (χ3v) is 3.25. The molecule has 2 rings (SSSR count). The van der Waals surface area contributed by atoms with Gasteiger partial charge in [-0.05, 0) is 24.3 Å². The molecule has 0 saturated heterocycles. The van der Waals surface area contributed by atoms with E-state index in [1.165, 1.54) is 0 Å². The monoisotopic (exact) mass is 286 g/mol. The van der Waals surface area contributed by atoms with Crippen molar-refractivity contribution in [2.24, 2.45) is 0 Å². The Labute approximate surface area is 126 Å². The number of hydrogen-bond acceptors (Lipinski definition) is 4. The summed E-state index contributed by atoms with van der Waals surface area (Å²) in [5.74, 6) is 0.753. The van der Waals surface area contributed by atoms with Crippen LogP contribution in [-0.2, 0) is 0 Å². The Morgan fingerprint density at radius 2 is 1.90 bits per heavy atom. The zero-order chi connectivity index (χ0) is 15.1. The number of hydrogen-bond donors (Lipinski definition) is 2. The molecule has 0 radical (unpaired) electrons. The first-order valence-electron chi connectivity index (χ1n) is 7.04. The van der Waals surface area contributed by atoms with E-state index in [1.54, 1.807) is 0 Å². The molecule has 0 aromatic heterocycles. The molecule has 2 N–H and O–H groups in total. The molecule has 0 bridgehead atoms. The lowest BCUT2D eigenvalue weighted by Crippen LogP contribution is -2.33. The highest BCUT2D eigenvalue weighted by atomic mass is 16.5. The van der Waals surface area contributed by atoms with Gasteiger partial charge in [-0.25, -0.2) is 0 Å². The molecule has 1 atom stereocenters. The number of benzene rings is 2. The first-order chi connectivity index (χ1) is 10.2. The van der Waals surface area contributed by atoms with Crippen molar-refractivity contribution in [2.75, 3.05) is 37.5 Å². The van der Waals surface area contributed by atoms with Crippen LogP contribution >= 0.6 is 0 Å². The van der Waals surface area contributed by atoms with Crippen LogP contribution in [0.5, 0.6) is 5.75 Å². The predicted octanol–water partition coefficient (Wildman–Crippen LogP) is 2.60. The topological polar surface area (TPSA) is 44.7 Å². The van der Waals surface area contributed by atoms with Gasteiger partial charge in [0.15, 0.2) is 0 Å². The highest BCUT2D eigenvalue weighted by Gasteiger charge is 2.09. The number of anilines is 2. The maximum Gasteiger partial charge on any atom is 0.121 e. The van der Waals surface area contributed by atoms with Crippen LogP contribution in [0.15, 0.2) is 54.6 Å². The van der Waals surface area contributed by atoms with Gasteiger partial charge in [-0.15, -0.1) is 0 Å². The molecule has 0 amide bonds. The summed E-state index contributed by atoms with van der Waals surface area (Å²) in [5.41, 5.74) is 2.07. The van der Waals surface area contributed by atoms with Gasteiger partial charge < -0.3 is 20.1 Å². The summed E-state index contributed by atoms with van der Waals surface area (Å²) in [6, 6.07) is 17.7. The summed E-state index contributed by atoms with van der Waals surface area (Å²) >= 11 is 0. The van der Waals surface area contributed by atoms with Crippen LogP contribution in [0.25, 0.3) is 0 Å². The second-order valence-corrected chi connectivity index (χ2v) is 4.96. The molecule has 0 spiro atoms. The third kappa shape index (κ3) is 4.68. The maximum atomic E-state index is 10.1. The molecule has 0 aliphatic carbocycles. The fourth-order valence-electron chi connectivity index (χ4n) is 2.09. The van der Waals surface area contributed by atoms with Gasteiger partial charge >= 0.3 is 0 Å². The van der Waals surface area contributed by atoms with Crippen molar-refractivity contribution in [1.29, 1.82) is 0 Å². The van der Waals surface area contributed by atoms with Gasteiger partial charge in [0.1, 0.15) is 18.5 Å². The summed E-state index contributed by atoms with van der Waals surface area (Å²) < 4.78 is 5.63. The lowest BCUT2D eigenvalue weighted by Gasteiger charge is -2.22. The van der Waals surface area contributed by atoms with Gasteiger partial charge in [0, 0.05) is 38.1 Å². The molecule has 0 saturated carbocycles. The predicted molar refractivity (Wildman–Crippen MR) is 87.2 cm³/mol. The fourth-order valence-corrected chi connectivity index (χ4v) is 2.09. The van der Waals surface area contributed by atoms with Crippen molar-refractivity contribution in [3.8, 4) is 5.75 Å². The maximum absolute atomic E-state index is 10.1. The molecule has 1 unspecified atom stereocenters. The van der Waals surface area contributed by atoms with E-state index in [2.05, 4.69) is 5.32 Å². The zero-order valence-electron chi connectivity index (χ0n) is 12.5. The smallest absolute Gasteiger partial charge is 0.121 e. The Morgan fingerprint density at radius 3 is 2.62 bits per heavy atom. The van der Waals surface area contributed by atoms with Crippen LogP contribution in [0.4, 0.5) is 11.4 Å². The SMILES string of the molecule is CNc1cccc(OCC(O)CN(C)c2ccccc2)c1. The van der Waals surface area contributed by atoms with Crippen molar-refractivity contribution >= 4 is 11.4 Å². The summed E-state index contributed by atoms with van der Waals surface area (Å²) in [4.78, 5) is 2.01. The Morgan fingerprint density at radius 1 is 1.14 bits per heavy atom. The van der Waals surface area contributed by atoms with Crippen LogP contribution in [0.3, 0.4) is 0 Å². The Kier molecular flexibility index (Phi) is 5.46. The van der Waals surface area contributed by atoms with Gasteiger partial charge in [0.2, 0.25) is 0 Å². The summed E-state index contributed by atoms with van der Waals surface area (Å²) in [6.07, 6.45) is -0.548. The second-order valence-electron chi connectivity index (χ2n) is 4.96. The molecule has 2 aromatic rings. The normalized spacial score (nSPS) is 11.8. The minimum absolute atomic E-state index is 0.268. The zero-order valence-corrected chi connectivity index (χ0v) is 12.5. The highest BCUT2D eigenvalue weighted by molar-refractivity contribution is 5.47. The molecular formula is C17H22N2O2. The van der Waals surface area contributed by atoms with E-state index < -0.39 is 6.10 Å². The van der Waals surface area contributed by atoms with E-state index in [9.17, 15) is 5.11 Å². The molecule has 0 fully saturated rings. The molecule has 4 heteroatoms. The summed E-state index contributed by atoms with van der Waals surface area (Å²) in [5, 5.41) is 13.1. The number of rotatable bonds is 7. The summed E-state index contributed by atoms with van der Waals surface area (Å²) in [6.45, 7) is 0.792. The van der Waals surface area contributed by atoms with Crippen LogP contribution in [0.2, 0.25) is 0 Å². The Balaban J connectivity index is 1.83. The number of ether oxygens (including phenoxy) is 1. The lowest BCUT2D eigenvalue weighted by atomic mass is 10.2. The van der Waals surface area contributed by atoms with Gasteiger partial charge in [-0.2, -0.15) is 0 Å². The molecule has 4 nitrogen and oxygen atoms in total. The van der Waals surface area contributed by atoms with E-state index in [0.717, 1.165) is 17.1 Å². The Hall–Kier alpha value is -2.20. The highest BCUT2D eigenvalue weighted by Crippen LogP contribution is 2.17. The van der Waals surface area contributed by atoms with Crippen molar-refractivity contribution < 1.29 is 9.84 Å². The number of aliphatic hydroxyl groups excluding tert-OH is 1. The summed E-state index contributed by atoms with van der Waals surface area (Å²) in [7, 11) is 3.82. The van der Waals surface area contributed by atoms with Crippen LogP contribution < -0.4 is 15.0 Å². The standard InChI is InChI=1S/C17H22N2O2/c1-18-14-7-6-10-17(11-14)21-13-16(20)12-19(2)15-8-4-3-5-9-15/h3-11,16,18,20H,12-13H2,1-2H3. The van der Waals surface area contributed by atoms with E-state index in [-0.39, 0.29) is 6.61 Å². The number of nitrogens with one attached hydrogen (secondary N) is 1. The molecule has 0 aliphatic heterocycles. The van der Waals surface area contributed by atoms with Crippen molar-refractivity contribution in [3.05, 3.63) is 54.6 Å². The molecule has 2 aromatic carbocycles. The number of likely N-dealkylation sites (N-methyl/N-ethyl adjacent to an activating group) is 1. The second kappa shape index (κ2) is 7.55. The van der Waals surface area contributed by atoms with E-state index in [1.807, 2.05) is 73.6 Å². The Bertz CT molecular complexity index is 545. The fraction of sp³-hybridized carbons (Fsp3) is 0.294. The molecule has 21 heavy (non-hydrogen) atoms. The number of para-hydroxylation sites is 1. The molecule has 0 heterocycles. The third-order valence-electron chi connectivity index (χ3n) is 3.25. The quantitative estimate of drug-likeness (QED) is 0.821. The average molecular weight is 286 g/mol. The van der Waals surface area contributed by atoms with Gasteiger partial charge in [0.05, 0.1) is 0 Å². The largest absolute Gasteiger partial charge is 0.491 e. The van der Waals surface area contributed by atoms with Crippen molar-refractivity contribution in [3.63, 3.8) is 0 Å². The van der Waals surface area contributed by atoms with E-state index in [4.69, 9.17) is 4.74 Å². The van der Waals surface area contributed by atoms with E-state index in [0.29, 0.717) is 6.54 Å². The van der Waals surface area contributed by atoms with Crippen molar-refractivity contribution in [1.82, 2.24) is 0 Å². The molecular weight excluding hydrogens is 264 g/mol.